The van der Waals surface area contributed by atoms with Gasteiger partial charge in [0.1, 0.15) is 41.5 Å². The number of anilines is 1. The minimum atomic E-state index is -0.978. The van der Waals surface area contributed by atoms with Gasteiger partial charge in [-0.2, -0.15) is 15.1 Å². The van der Waals surface area contributed by atoms with Gasteiger partial charge in [-0.15, -0.1) is 16.4 Å². The van der Waals surface area contributed by atoms with E-state index < -0.39 is 30.1 Å². The third kappa shape index (κ3) is 10.9. The van der Waals surface area contributed by atoms with Crippen LogP contribution in [0.1, 0.15) is 91.9 Å². The minimum absolute atomic E-state index is 0.0354. The summed E-state index contributed by atoms with van der Waals surface area (Å²) in [5, 5.41) is 45.8. The normalized spacial score (nSPS) is 20.1. The molecule has 2 amide bonds. The number of carbonyl (C=O) groups excluding carboxylic acids is 2. The number of nitrogens with one attached hydrogen (secondary N) is 3. The average molecular weight is 1130 g/mol. The second kappa shape index (κ2) is 23.1. The van der Waals surface area contributed by atoms with Gasteiger partial charge in [0.2, 0.25) is 11.8 Å². The van der Waals surface area contributed by atoms with E-state index in [4.69, 9.17) is 19.4 Å². The summed E-state index contributed by atoms with van der Waals surface area (Å²) in [7, 11) is 4.21. The Morgan fingerprint density at radius 2 is 1.77 bits per heavy atom. The van der Waals surface area contributed by atoms with Crippen LogP contribution >= 0.6 is 11.3 Å². The van der Waals surface area contributed by atoms with Gasteiger partial charge in [-0.25, -0.2) is 14.1 Å². The fourth-order valence-corrected chi connectivity index (χ4v) is 13.1. The molecule has 6 atom stereocenters. The van der Waals surface area contributed by atoms with Crippen molar-refractivity contribution in [3.05, 3.63) is 112 Å². The van der Waals surface area contributed by atoms with E-state index in [-0.39, 0.29) is 61.8 Å². The Balaban J connectivity index is 0.825. The zero-order valence-corrected chi connectivity index (χ0v) is 47.9. The lowest BCUT2D eigenvalue weighted by molar-refractivity contribution is -0.142. The Morgan fingerprint density at radius 3 is 2.46 bits per heavy atom. The number of benzene rings is 4. The molecule has 1 aliphatic carbocycles. The molecule has 21 heteroatoms. The number of aryl methyl sites for hydroxylation is 1. The van der Waals surface area contributed by atoms with E-state index >= 15 is 4.39 Å². The van der Waals surface area contributed by atoms with Crippen LogP contribution in [0.4, 0.5) is 10.2 Å². The summed E-state index contributed by atoms with van der Waals surface area (Å²) in [6.07, 6.45) is 6.54. The van der Waals surface area contributed by atoms with Gasteiger partial charge in [0, 0.05) is 72.5 Å². The summed E-state index contributed by atoms with van der Waals surface area (Å²) < 4.78 is 31.4. The number of aromatic amines is 1. The van der Waals surface area contributed by atoms with Crippen LogP contribution in [-0.4, -0.2) is 150 Å². The molecule has 3 aliphatic heterocycles. The second-order valence-corrected chi connectivity index (χ2v) is 24.0. The molecule has 0 bridgehead atoms. The average Bonchev–Trinajstić information content (AvgIpc) is 4.35. The monoisotopic (exact) mass is 1130 g/mol. The first-order chi connectivity index (χ1) is 39.7. The van der Waals surface area contributed by atoms with Crippen LogP contribution < -0.4 is 25.0 Å². The summed E-state index contributed by atoms with van der Waals surface area (Å²) in [6.45, 7) is 11.4. The smallest absolute Gasteiger partial charge is 0.319 e. The number of carbonyl (C=O) groups is 2. The number of ether oxygens (including phenoxy) is 2. The molecule has 3 saturated heterocycles. The SMILES string of the molecule is Cc1ncsc1-c1ccc([C@H](CO)NC(=O)[C@@H]2C[C@@H](O)CN2C(=O)[C@H](C(C)C)n2cc(-c3ccc(COc4c(-c5c(C)c(F)cc6[nH]ncc56)c(C5CC5)cc5c(N(C)[C@H]6CCNC6)nc(OC[C@H]6CCN(C)C6)nc45)cc3)nn2)cc1. The molecule has 1 saturated carbocycles. The topological polar surface area (TPSA) is 225 Å². The molecule has 4 aliphatic rings. The van der Waals surface area contributed by atoms with E-state index in [2.05, 4.69) is 66.1 Å². The molecular formula is C61H70FN13O6S. The summed E-state index contributed by atoms with van der Waals surface area (Å²) in [6, 6.07) is 17.0. The standard InChI is InChI=1S/C61H70FN13O6S/c1-33(2)55(60(79)74-27-43(77)21-51(74)59(78)66-50(29-76)40-13-15-41(16-14-40)57-35(4)64-32-82-57)75-28-49(70-71-75)39-9-7-36(8-10-39)30-80-56-53(52-34(3)47(62)23-48-46(52)25-65-69-48)44(38-11-12-38)22-45-54(56)67-61(81-31-37-18-20-72(5)26-37)68-58(45)73(6)42-17-19-63-24-42/h7-10,13-16,22-23,25,28,32-33,37-38,42-43,50-51,55,63,76-77H,11-12,17-21,24,26-27,29-31H2,1-6H3,(H,65,69)(H,66,78)/t37-,42-,43+,50-,51-,55-/m0/s1. The molecule has 4 fully saturated rings. The van der Waals surface area contributed by atoms with Crippen molar-refractivity contribution >= 4 is 50.8 Å². The van der Waals surface area contributed by atoms with Crippen LogP contribution in [-0.2, 0) is 16.2 Å². The van der Waals surface area contributed by atoms with E-state index in [1.807, 2.05) is 76.2 Å². The predicted molar refractivity (Wildman–Crippen MR) is 312 cm³/mol. The van der Waals surface area contributed by atoms with Crippen molar-refractivity contribution in [3.8, 4) is 44.6 Å². The van der Waals surface area contributed by atoms with Gasteiger partial charge in [-0.05, 0) is 111 Å². The first-order valence-electron chi connectivity index (χ1n) is 28.5. The number of rotatable bonds is 19. The molecule has 82 heavy (non-hydrogen) atoms. The molecule has 5 N–H and O–H groups in total. The molecule has 428 valence electrons. The van der Waals surface area contributed by atoms with Crippen LogP contribution in [0.3, 0.4) is 0 Å². The van der Waals surface area contributed by atoms with Crippen LogP contribution in [0.5, 0.6) is 11.8 Å². The van der Waals surface area contributed by atoms with Crippen LogP contribution in [0.2, 0.25) is 0 Å². The number of halogens is 1. The minimum Gasteiger partial charge on any atom is -0.486 e. The Morgan fingerprint density at radius 1 is 0.976 bits per heavy atom. The van der Waals surface area contributed by atoms with Gasteiger partial charge in [-0.3, -0.25) is 14.7 Å². The Labute approximate surface area is 479 Å². The predicted octanol–water partition coefficient (Wildman–Crippen LogP) is 7.90. The number of hydrogen-bond acceptors (Lipinski definition) is 16. The summed E-state index contributed by atoms with van der Waals surface area (Å²) in [5.74, 6) is 0.361. The molecule has 19 nitrogen and oxygen atoms in total. The van der Waals surface area contributed by atoms with E-state index in [0.29, 0.717) is 51.7 Å². The zero-order valence-electron chi connectivity index (χ0n) is 47.1. The molecule has 7 heterocycles. The molecule has 0 unspecified atom stereocenters. The number of aliphatic hydroxyl groups is 2. The lowest BCUT2D eigenvalue weighted by atomic mass is 9.88. The largest absolute Gasteiger partial charge is 0.486 e. The van der Waals surface area contributed by atoms with Crippen molar-refractivity contribution in [2.75, 3.05) is 64.9 Å². The number of likely N-dealkylation sites (N-methyl/N-ethyl adjacent to an activating group) is 1. The van der Waals surface area contributed by atoms with E-state index in [0.717, 1.165) is 107 Å². The van der Waals surface area contributed by atoms with Gasteiger partial charge in [-0.1, -0.05) is 67.6 Å². The van der Waals surface area contributed by atoms with E-state index in [9.17, 15) is 19.8 Å². The van der Waals surface area contributed by atoms with Crippen LogP contribution in [0.25, 0.3) is 54.6 Å². The quantitative estimate of drug-likeness (QED) is 0.0519. The summed E-state index contributed by atoms with van der Waals surface area (Å²) >= 11 is 1.54. The maximum Gasteiger partial charge on any atom is 0.319 e. The molecule has 8 aromatic rings. The molecule has 12 rings (SSSR count). The Bertz CT molecular complexity index is 3630. The van der Waals surface area contributed by atoms with Crippen LogP contribution in [0, 0.1) is 31.5 Å². The lowest BCUT2D eigenvalue weighted by Crippen LogP contribution is -2.50. The maximum atomic E-state index is 16.2. The molecule has 0 radical (unpaired) electrons. The number of fused-ring (bicyclic) bond motifs is 2. The fourth-order valence-electron chi connectivity index (χ4n) is 12.3. The highest BCUT2D eigenvalue weighted by Crippen LogP contribution is 2.53. The first-order valence-corrected chi connectivity index (χ1v) is 29.4. The van der Waals surface area contributed by atoms with Gasteiger partial charge < -0.3 is 45.0 Å². The molecule has 4 aromatic carbocycles. The second-order valence-electron chi connectivity index (χ2n) is 23.1. The Hall–Kier alpha value is -7.43. The van der Waals surface area contributed by atoms with Crippen molar-refractivity contribution in [1.29, 1.82) is 0 Å². The number of aliphatic hydroxyl groups excluding tert-OH is 2. The van der Waals surface area contributed by atoms with Gasteiger partial charge in [0.15, 0.2) is 5.75 Å². The third-order valence-corrected chi connectivity index (χ3v) is 18.0. The summed E-state index contributed by atoms with van der Waals surface area (Å²) in [4.78, 5) is 50.4. The number of likely N-dealkylation sites (tertiary alicyclic amines) is 2. The van der Waals surface area contributed by atoms with E-state index in [1.165, 1.54) is 15.6 Å². The molecule has 4 aromatic heterocycles. The number of β-amino-alcohol motifs (C(OH)–C–C–N with tert-alkyl or cyclic N) is 1. The first kappa shape index (κ1) is 55.1. The van der Waals surface area contributed by atoms with Crippen LogP contribution in [0.15, 0.2) is 78.6 Å². The highest BCUT2D eigenvalue weighted by Gasteiger charge is 2.43. The Kier molecular flexibility index (Phi) is 15.5. The lowest BCUT2D eigenvalue weighted by Gasteiger charge is -2.30. The van der Waals surface area contributed by atoms with Gasteiger partial charge >= 0.3 is 6.01 Å². The number of thiazole rings is 1. The van der Waals surface area contributed by atoms with Gasteiger partial charge in [0.25, 0.3) is 0 Å². The fraction of sp³-hybridized carbons (Fsp3) is 0.443. The molecular weight excluding hydrogens is 1060 g/mol. The van der Waals surface area contributed by atoms with Crippen molar-refractivity contribution in [3.63, 3.8) is 0 Å². The van der Waals surface area contributed by atoms with Crippen molar-refractivity contribution in [2.45, 2.75) is 103 Å². The number of nitrogens with zero attached hydrogens (tertiary/aromatic N) is 10. The number of hydrogen-bond donors (Lipinski definition) is 5. The third-order valence-electron chi connectivity index (χ3n) is 17.0. The maximum absolute atomic E-state index is 16.2. The highest BCUT2D eigenvalue weighted by atomic mass is 32.1. The molecule has 0 spiro atoms. The number of aromatic nitrogens is 8. The zero-order chi connectivity index (χ0) is 56.9. The van der Waals surface area contributed by atoms with E-state index in [1.54, 1.807) is 29.2 Å². The van der Waals surface area contributed by atoms with Crippen molar-refractivity contribution in [2.24, 2.45) is 11.8 Å². The number of amides is 2. The van der Waals surface area contributed by atoms with Crippen molar-refractivity contribution < 1.29 is 33.7 Å². The highest BCUT2D eigenvalue weighted by molar-refractivity contribution is 7.13. The van der Waals surface area contributed by atoms with Crippen molar-refractivity contribution in [1.82, 2.24) is 60.6 Å². The van der Waals surface area contributed by atoms with Gasteiger partial charge in [0.05, 0.1) is 59.4 Å². The number of H-pyrrole nitrogens is 1. The summed E-state index contributed by atoms with van der Waals surface area (Å²) in [5.41, 5.74) is 10.7.